The summed E-state index contributed by atoms with van der Waals surface area (Å²) in [7, 11) is 0. The summed E-state index contributed by atoms with van der Waals surface area (Å²) >= 11 is 0. The molecule has 0 saturated carbocycles. The molecule has 116 valence electrons. The van der Waals surface area contributed by atoms with Crippen LogP contribution in [0, 0.1) is 6.92 Å². The molecule has 0 radical (unpaired) electrons. The Morgan fingerprint density at radius 1 is 1.17 bits per heavy atom. The van der Waals surface area contributed by atoms with E-state index in [2.05, 4.69) is 15.5 Å². The molecule has 3 N–H and O–H groups in total. The molecule has 0 aliphatic heterocycles. The summed E-state index contributed by atoms with van der Waals surface area (Å²) < 4.78 is 0. The van der Waals surface area contributed by atoms with Gasteiger partial charge in [0, 0.05) is 22.2 Å². The molecule has 0 aliphatic rings. The number of rotatable bonds is 4. The van der Waals surface area contributed by atoms with Crippen molar-refractivity contribution in [2.45, 2.75) is 13.0 Å². The molecule has 1 aromatic heterocycles. The van der Waals surface area contributed by atoms with E-state index in [1.54, 1.807) is 30.5 Å². The highest BCUT2D eigenvalue weighted by Crippen LogP contribution is 2.19. The Morgan fingerprint density at radius 3 is 2.65 bits per heavy atom. The van der Waals surface area contributed by atoms with Gasteiger partial charge in [0.2, 0.25) is 0 Å². The van der Waals surface area contributed by atoms with Crippen molar-refractivity contribution in [2.24, 2.45) is 5.10 Å². The predicted molar refractivity (Wildman–Crippen MR) is 90.2 cm³/mol. The molecule has 5 nitrogen and oxygen atoms in total. The molecule has 2 aromatic carbocycles. The smallest absolute Gasteiger partial charge is 0.273 e. The number of aryl methyl sites for hydroxylation is 1. The quantitative estimate of drug-likeness (QED) is 0.512. The highest BCUT2D eigenvalue weighted by molar-refractivity contribution is 6.00. The summed E-state index contributed by atoms with van der Waals surface area (Å²) in [4.78, 5) is 15.2. The summed E-state index contributed by atoms with van der Waals surface area (Å²) in [6.45, 7) is 1.95. The molecule has 1 atom stereocenters. The van der Waals surface area contributed by atoms with E-state index < -0.39 is 12.0 Å². The molecule has 3 aromatic rings. The standard InChI is InChI=1S/C18H17N3O2/c1-12-15(14-9-5-6-10-16(14)20-12)11-19-21-18(23)17(22)13-7-3-2-4-8-13/h2-11,17,20,22H,1H3,(H,21,23)/t17-/m0/s1. The van der Waals surface area contributed by atoms with Crippen LogP contribution < -0.4 is 5.43 Å². The largest absolute Gasteiger partial charge is 0.378 e. The number of fused-ring (bicyclic) bond motifs is 1. The molecule has 1 amide bonds. The lowest BCUT2D eigenvalue weighted by molar-refractivity contribution is -0.129. The molecule has 0 fully saturated rings. The Hall–Kier alpha value is -2.92. The monoisotopic (exact) mass is 307 g/mol. The fourth-order valence-electron chi connectivity index (χ4n) is 2.47. The van der Waals surface area contributed by atoms with E-state index in [0.29, 0.717) is 5.56 Å². The molecule has 0 saturated heterocycles. The van der Waals surface area contributed by atoms with Crippen LogP contribution in [0.2, 0.25) is 0 Å². The van der Waals surface area contributed by atoms with Gasteiger partial charge in [-0.3, -0.25) is 4.79 Å². The average molecular weight is 307 g/mol. The van der Waals surface area contributed by atoms with Gasteiger partial charge in [-0.25, -0.2) is 5.43 Å². The summed E-state index contributed by atoms with van der Waals surface area (Å²) in [5.74, 6) is -0.565. The predicted octanol–water partition coefficient (Wildman–Crippen LogP) is 2.66. The molecule has 1 heterocycles. The Bertz CT molecular complexity index is 853. The fraction of sp³-hybridized carbons (Fsp3) is 0.111. The zero-order chi connectivity index (χ0) is 16.2. The third-order valence-corrected chi connectivity index (χ3v) is 3.68. The first-order valence-corrected chi connectivity index (χ1v) is 7.30. The number of benzene rings is 2. The zero-order valence-corrected chi connectivity index (χ0v) is 12.7. The summed E-state index contributed by atoms with van der Waals surface area (Å²) in [5.41, 5.74) is 5.80. The molecule has 5 heteroatoms. The lowest BCUT2D eigenvalue weighted by Crippen LogP contribution is -2.25. The number of para-hydroxylation sites is 1. The number of carbonyl (C=O) groups is 1. The summed E-state index contributed by atoms with van der Waals surface area (Å²) in [6, 6.07) is 16.6. The first kappa shape index (κ1) is 15.0. The molecule has 0 bridgehead atoms. The van der Waals surface area contributed by atoms with E-state index in [9.17, 15) is 9.90 Å². The second-order valence-corrected chi connectivity index (χ2v) is 5.26. The van der Waals surface area contributed by atoms with Crippen LogP contribution in [0.15, 0.2) is 59.7 Å². The second kappa shape index (κ2) is 6.46. The molecular formula is C18H17N3O2. The number of aliphatic hydroxyl groups is 1. The van der Waals surface area contributed by atoms with Crippen LogP contribution in [0.25, 0.3) is 10.9 Å². The van der Waals surface area contributed by atoms with Gasteiger partial charge in [-0.2, -0.15) is 5.10 Å². The minimum atomic E-state index is -1.24. The van der Waals surface area contributed by atoms with Gasteiger partial charge < -0.3 is 10.1 Å². The first-order chi connectivity index (χ1) is 11.2. The van der Waals surface area contributed by atoms with Crippen molar-refractivity contribution in [1.82, 2.24) is 10.4 Å². The Balaban J connectivity index is 1.73. The van der Waals surface area contributed by atoms with E-state index in [0.717, 1.165) is 22.2 Å². The zero-order valence-electron chi connectivity index (χ0n) is 12.7. The molecular weight excluding hydrogens is 290 g/mol. The van der Waals surface area contributed by atoms with Gasteiger partial charge in [0.25, 0.3) is 5.91 Å². The summed E-state index contributed by atoms with van der Waals surface area (Å²) in [5, 5.41) is 15.0. The number of nitrogens with zero attached hydrogens (tertiary/aromatic N) is 1. The Labute approximate surface area is 133 Å². The summed E-state index contributed by atoms with van der Waals surface area (Å²) in [6.07, 6.45) is 0.349. The number of hydrogen-bond acceptors (Lipinski definition) is 3. The molecule has 0 spiro atoms. The van der Waals surface area contributed by atoms with Crippen molar-refractivity contribution >= 4 is 23.0 Å². The van der Waals surface area contributed by atoms with Crippen LogP contribution in [0.4, 0.5) is 0 Å². The van der Waals surface area contributed by atoms with Gasteiger partial charge in [-0.1, -0.05) is 48.5 Å². The number of carbonyl (C=O) groups excluding carboxylic acids is 1. The van der Waals surface area contributed by atoms with Crippen molar-refractivity contribution in [3.05, 3.63) is 71.4 Å². The van der Waals surface area contributed by atoms with Crippen molar-refractivity contribution in [3.63, 3.8) is 0 Å². The third-order valence-electron chi connectivity index (χ3n) is 3.68. The van der Waals surface area contributed by atoms with Gasteiger partial charge in [0.1, 0.15) is 0 Å². The van der Waals surface area contributed by atoms with Crippen molar-refractivity contribution in [2.75, 3.05) is 0 Å². The van der Waals surface area contributed by atoms with Crippen molar-refractivity contribution in [1.29, 1.82) is 0 Å². The van der Waals surface area contributed by atoms with Gasteiger partial charge in [-0.15, -0.1) is 0 Å². The molecule has 3 rings (SSSR count). The van der Waals surface area contributed by atoms with Gasteiger partial charge in [-0.05, 0) is 18.6 Å². The van der Waals surface area contributed by atoms with Crippen LogP contribution in [0.1, 0.15) is 22.9 Å². The Kier molecular flexibility index (Phi) is 4.21. The lowest BCUT2D eigenvalue weighted by atomic mass is 10.1. The number of aromatic amines is 1. The number of hydrogen-bond donors (Lipinski definition) is 3. The molecule has 0 aliphatic carbocycles. The number of nitrogens with one attached hydrogen (secondary N) is 2. The maximum Gasteiger partial charge on any atom is 0.273 e. The SMILES string of the molecule is Cc1[nH]c2ccccc2c1C=NNC(=O)[C@@H](O)c1ccccc1. The lowest BCUT2D eigenvalue weighted by Gasteiger charge is -2.08. The van der Waals surface area contributed by atoms with Crippen LogP contribution in [-0.4, -0.2) is 22.2 Å². The van der Waals surface area contributed by atoms with Crippen LogP contribution >= 0.6 is 0 Å². The topological polar surface area (TPSA) is 77.5 Å². The normalized spacial score (nSPS) is 12.6. The number of aliphatic hydroxyl groups excluding tert-OH is 1. The minimum Gasteiger partial charge on any atom is -0.378 e. The number of aromatic nitrogens is 1. The number of hydrazone groups is 1. The first-order valence-electron chi connectivity index (χ1n) is 7.30. The highest BCUT2D eigenvalue weighted by Gasteiger charge is 2.16. The second-order valence-electron chi connectivity index (χ2n) is 5.26. The third kappa shape index (κ3) is 3.14. The van der Waals surface area contributed by atoms with Crippen LogP contribution in [0.3, 0.4) is 0 Å². The van der Waals surface area contributed by atoms with Gasteiger partial charge >= 0.3 is 0 Å². The number of amides is 1. The van der Waals surface area contributed by atoms with Gasteiger partial charge in [0.05, 0.1) is 6.21 Å². The van der Waals surface area contributed by atoms with E-state index >= 15 is 0 Å². The highest BCUT2D eigenvalue weighted by atomic mass is 16.3. The maximum absolute atomic E-state index is 11.9. The van der Waals surface area contributed by atoms with E-state index in [1.165, 1.54) is 0 Å². The number of H-pyrrole nitrogens is 1. The van der Waals surface area contributed by atoms with Crippen molar-refractivity contribution < 1.29 is 9.90 Å². The fourth-order valence-corrected chi connectivity index (χ4v) is 2.47. The molecule has 0 unspecified atom stereocenters. The van der Waals surface area contributed by atoms with Crippen LogP contribution in [0.5, 0.6) is 0 Å². The van der Waals surface area contributed by atoms with Gasteiger partial charge in [0.15, 0.2) is 6.10 Å². The molecule has 23 heavy (non-hydrogen) atoms. The Morgan fingerprint density at radius 2 is 1.87 bits per heavy atom. The van der Waals surface area contributed by atoms with E-state index in [-0.39, 0.29) is 0 Å². The van der Waals surface area contributed by atoms with Crippen LogP contribution in [-0.2, 0) is 4.79 Å². The van der Waals surface area contributed by atoms with E-state index in [1.807, 2.05) is 37.3 Å². The maximum atomic E-state index is 11.9. The van der Waals surface area contributed by atoms with Crippen molar-refractivity contribution in [3.8, 4) is 0 Å². The van der Waals surface area contributed by atoms with E-state index in [4.69, 9.17) is 0 Å². The minimum absolute atomic E-state index is 0.531. The average Bonchev–Trinajstić information content (AvgIpc) is 2.90.